The lowest BCUT2D eigenvalue weighted by Gasteiger charge is -2.01. The van der Waals surface area contributed by atoms with Crippen molar-refractivity contribution in [2.24, 2.45) is 0 Å². The number of fused-ring (bicyclic) bond motifs is 1. The maximum absolute atomic E-state index is 10.6. The number of carbonyl (C=O) groups excluding carboxylic acids is 1. The molecule has 0 N–H and O–H groups in total. The first-order valence-corrected chi connectivity index (χ1v) is 3.73. The van der Waals surface area contributed by atoms with Gasteiger partial charge in [0.1, 0.15) is 0 Å². The van der Waals surface area contributed by atoms with Gasteiger partial charge in [0.05, 0.1) is 12.5 Å². The third kappa shape index (κ3) is 0.848. The molecule has 0 saturated carbocycles. The second kappa shape index (κ2) is 2.48. The molecule has 2 nitrogen and oxygen atoms in total. The van der Waals surface area contributed by atoms with E-state index in [1.165, 1.54) is 0 Å². The molecule has 12 heavy (non-hydrogen) atoms. The van der Waals surface area contributed by atoms with Gasteiger partial charge in [-0.3, -0.25) is 4.79 Å². The van der Waals surface area contributed by atoms with Crippen molar-refractivity contribution in [2.45, 2.75) is 6.92 Å². The smallest absolute Gasteiger partial charge is 0.150 e. The average molecular weight is 160 g/mol. The zero-order valence-corrected chi connectivity index (χ0v) is 6.70. The van der Waals surface area contributed by atoms with Crippen LogP contribution in [0.5, 0.6) is 0 Å². The summed E-state index contributed by atoms with van der Waals surface area (Å²) in [6.07, 6.45) is 4.13. The first kappa shape index (κ1) is 7.10. The van der Waals surface area contributed by atoms with Crippen molar-refractivity contribution in [3.63, 3.8) is 0 Å². The van der Waals surface area contributed by atoms with E-state index < -0.39 is 0 Å². The summed E-state index contributed by atoms with van der Waals surface area (Å²) in [6.45, 7) is 1.96. The van der Waals surface area contributed by atoms with Gasteiger partial charge in [-0.05, 0) is 18.1 Å². The Bertz CT molecular complexity index is 387. The fraction of sp³-hybridized carbons (Fsp3) is 0.100. The fourth-order valence-electron chi connectivity index (χ4n) is 1.35. The van der Waals surface area contributed by atoms with Crippen molar-refractivity contribution in [3.05, 3.63) is 35.8 Å². The quantitative estimate of drug-likeness (QED) is 0.600. The van der Waals surface area contributed by atoms with E-state index in [-0.39, 0.29) is 0 Å². The van der Waals surface area contributed by atoms with Gasteiger partial charge in [0.15, 0.2) is 6.29 Å². The van der Waals surface area contributed by atoms with E-state index in [2.05, 4.69) is 0 Å². The minimum atomic E-state index is 0.692. The van der Waals surface area contributed by atoms with E-state index in [0.717, 1.165) is 23.0 Å². The van der Waals surface area contributed by atoms with Gasteiger partial charge < -0.3 is 4.42 Å². The molecule has 2 aliphatic rings. The Kier molecular flexibility index (Phi) is 1.47. The Labute approximate surface area is 70.2 Å². The molecule has 2 heteroatoms. The molecule has 0 aromatic carbocycles. The summed E-state index contributed by atoms with van der Waals surface area (Å²) in [7, 11) is 0. The summed E-state index contributed by atoms with van der Waals surface area (Å²) in [6, 6.07) is 3.74. The molecule has 0 fully saturated rings. The van der Waals surface area contributed by atoms with Crippen molar-refractivity contribution in [3.8, 4) is 11.1 Å². The van der Waals surface area contributed by atoms with Gasteiger partial charge in [0.25, 0.3) is 0 Å². The van der Waals surface area contributed by atoms with Crippen LogP contribution >= 0.6 is 0 Å². The van der Waals surface area contributed by atoms with Crippen LogP contribution in [0.4, 0.5) is 0 Å². The van der Waals surface area contributed by atoms with E-state index in [0.29, 0.717) is 5.56 Å². The second-order valence-electron chi connectivity index (χ2n) is 2.79. The molecule has 0 radical (unpaired) electrons. The molecule has 1 aliphatic heterocycles. The molecule has 0 aromatic rings. The van der Waals surface area contributed by atoms with E-state index >= 15 is 0 Å². The molecule has 0 unspecified atom stereocenters. The van der Waals surface area contributed by atoms with Gasteiger partial charge in [-0.1, -0.05) is 12.1 Å². The van der Waals surface area contributed by atoms with Crippen LogP contribution in [0.25, 0.3) is 11.1 Å². The number of hydrogen-bond acceptors (Lipinski definition) is 2. The maximum Gasteiger partial charge on any atom is 0.150 e. The van der Waals surface area contributed by atoms with Crippen LogP contribution in [0.15, 0.2) is 29.1 Å². The van der Waals surface area contributed by atoms with Crippen LogP contribution in [0.2, 0.25) is 0 Å². The van der Waals surface area contributed by atoms with Crippen molar-refractivity contribution in [1.82, 2.24) is 0 Å². The highest BCUT2D eigenvalue weighted by Gasteiger charge is 2.10. The lowest BCUT2D eigenvalue weighted by Crippen LogP contribution is -1.82. The molecule has 0 atom stereocenters. The molecule has 1 heterocycles. The summed E-state index contributed by atoms with van der Waals surface area (Å²) in [4.78, 5) is 10.6. The van der Waals surface area contributed by atoms with Gasteiger partial charge in [0.2, 0.25) is 0 Å². The van der Waals surface area contributed by atoms with Crippen molar-refractivity contribution in [1.29, 1.82) is 0 Å². The normalized spacial score (nSPS) is 10.4. The zero-order chi connectivity index (χ0) is 8.55. The van der Waals surface area contributed by atoms with Crippen molar-refractivity contribution < 1.29 is 9.21 Å². The Hall–Kier alpha value is -1.57. The van der Waals surface area contributed by atoms with Crippen LogP contribution < -0.4 is 0 Å². The SMILES string of the molecule is Cc1cocc2c(C=O)ccc1-2. The molecule has 0 saturated heterocycles. The second-order valence-corrected chi connectivity index (χ2v) is 2.79. The van der Waals surface area contributed by atoms with Gasteiger partial charge in [-0.25, -0.2) is 0 Å². The monoisotopic (exact) mass is 160 g/mol. The van der Waals surface area contributed by atoms with E-state index in [4.69, 9.17) is 4.42 Å². The molecule has 0 amide bonds. The highest BCUT2D eigenvalue weighted by atomic mass is 16.3. The first-order valence-electron chi connectivity index (χ1n) is 3.73. The van der Waals surface area contributed by atoms with E-state index in [1.54, 1.807) is 18.6 Å². The maximum atomic E-state index is 10.6. The molecule has 2 rings (SSSR count). The third-order valence-corrected chi connectivity index (χ3v) is 2.01. The number of carbonyl (C=O) groups is 1. The van der Waals surface area contributed by atoms with Crippen molar-refractivity contribution in [2.75, 3.05) is 0 Å². The molecule has 60 valence electrons. The number of aryl methyl sites for hydroxylation is 1. The summed E-state index contributed by atoms with van der Waals surface area (Å²) in [5.74, 6) is 0. The van der Waals surface area contributed by atoms with Crippen molar-refractivity contribution >= 4 is 6.29 Å². The zero-order valence-electron chi connectivity index (χ0n) is 6.70. The number of rotatable bonds is 1. The average Bonchev–Trinajstić information content (AvgIpc) is 2.49. The Morgan fingerprint density at radius 1 is 1.25 bits per heavy atom. The summed E-state index contributed by atoms with van der Waals surface area (Å²) >= 11 is 0. The summed E-state index contributed by atoms with van der Waals surface area (Å²) in [5, 5.41) is 0. The largest absolute Gasteiger partial charge is 0.472 e. The molecule has 0 spiro atoms. The lowest BCUT2D eigenvalue weighted by molar-refractivity contribution is 0.112. The van der Waals surface area contributed by atoms with Crippen LogP contribution in [-0.2, 0) is 0 Å². The highest BCUT2D eigenvalue weighted by molar-refractivity contribution is 5.90. The molecule has 1 aliphatic carbocycles. The Balaban J connectivity index is 2.75. The van der Waals surface area contributed by atoms with Crippen LogP contribution in [-0.4, -0.2) is 6.29 Å². The van der Waals surface area contributed by atoms with Crippen LogP contribution in [0.1, 0.15) is 15.9 Å². The minimum Gasteiger partial charge on any atom is -0.472 e. The molecular weight excluding hydrogens is 152 g/mol. The molecule has 0 bridgehead atoms. The summed E-state index contributed by atoms with van der Waals surface area (Å²) in [5.41, 5.74) is 3.73. The van der Waals surface area contributed by atoms with Gasteiger partial charge in [-0.15, -0.1) is 0 Å². The fourth-order valence-corrected chi connectivity index (χ4v) is 1.35. The predicted octanol–water partition coefficient (Wildman–Crippen LogP) is 2.51. The Morgan fingerprint density at radius 2 is 2.08 bits per heavy atom. The van der Waals surface area contributed by atoms with Crippen LogP contribution in [0, 0.1) is 6.92 Å². The van der Waals surface area contributed by atoms with Crippen LogP contribution in [0.3, 0.4) is 0 Å². The van der Waals surface area contributed by atoms with Gasteiger partial charge in [-0.2, -0.15) is 0 Å². The number of aldehydes is 1. The van der Waals surface area contributed by atoms with Gasteiger partial charge >= 0.3 is 0 Å². The highest BCUT2D eigenvalue weighted by Crippen LogP contribution is 2.29. The topological polar surface area (TPSA) is 30.2 Å². The molecular formula is C10H8O2. The predicted molar refractivity (Wildman–Crippen MR) is 45.5 cm³/mol. The summed E-state index contributed by atoms with van der Waals surface area (Å²) < 4.78 is 5.06. The van der Waals surface area contributed by atoms with E-state index in [1.807, 2.05) is 13.0 Å². The Morgan fingerprint density at radius 3 is 2.83 bits per heavy atom. The minimum absolute atomic E-state index is 0.692. The third-order valence-electron chi connectivity index (χ3n) is 2.01. The lowest BCUT2D eigenvalue weighted by atomic mass is 10.1. The standard InChI is InChI=1S/C10H8O2/c1-7-5-12-6-10-8(4-11)2-3-9(7)10/h2-6H,1H3. The van der Waals surface area contributed by atoms with E-state index in [9.17, 15) is 4.79 Å². The first-order chi connectivity index (χ1) is 5.83. The number of hydrogen-bond donors (Lipinski definition) is 0. The molecule has 0 aromatic heterocycles. The van der Waals surface area contributed by atoms with Gasteiger partial charge in [0, 0.05) is 11.1 Å².